The van der Waals surface area contributed by atoms with E-state index >= 15 is 0 Å². The third-order valence-corrected chi connectivity index (χ3v) is 5.68. The van der Waals surface area contributed by atoms with Crippen molar-refractivity contribution in [1.29, 1.82) is 0 Å². The molecule has 0 atom stereocenters. The van der Waals surface area contributed by atoms with Crippen LogP contribution in [0.2, 0.25) is 26.2 Å². The molecule has 2 aromatic carbocycles. The Kier molecular flexibility index (Phi) is 26.4. The molecule has 0 aliphatic carbocycles. The van der Waals surface area contributed by atoms with E-state index in [0.29, 0.717) is 0 Å². The molecule has 0 nitrogen and oxygen atoms in total. The van der Waals surface area contributed by atoms with Crippen LogP contribution in [0.5, 0.6) is 0 Å². The van der Waals surface area contributed by atoms with Gasteiger partial charge in [-0.2, -0.15) is 0 Å². The van der Waals surface area contributed by atoms with Crippen LogP contribution in [0.3, 0.4) is 0 Å². The van der Waals surface area contributed by atoms with Gasteiger partial charge in [0.1, 0.15) is 0 Å². The van der Waals surface area contributed by atoms with Crippen LogP contribution < -0.4 is 53.2 Å². The Balaban J connectivity index is -0.000000125. The van der Waals surface area contributed by atoms with Gasteiger partial charge in [-0.25, -0.2) is 0 Å². The first-order valence-corrected chi connectivity index (χ1v) is 11.3. The van der Waals surface area contributed by atoms with Crippen molar-refractivity contribution in [2.45, 2.75) is 26.2 Å². The van der Waals surface area contributed by atoms with Gasteiger partial charge in [-0.1, -0.05) is 97.2 Å². The molecular formula is C16H22CuILi2Si2. The third kappa shape index (κ3) is 13.7. The molecule has 0 heterocycles. The molecule has 0 aliphatic rings. The zero-order valence-electron chi connectivity index (χ0n) is 14.5. The van der Waals surface area contributed by atoms with Crippen LogP contribution in [0.15, 0.2) is 60.7 Å². The zero-order chi connectivity index (χ0) is 13.4. The maximum Gasteiger partial charge on any atom is 1.00 e. The third-order valence-electron chi connectivity index (χ3n) is 2.70. The summed E-state index contributed by atoms with van der Waals surface area (Å²) in [5, 5.41) is 3.03. The Labute approximate surface area is 191 Å². The number of halogens is 1. The fourth-order valence-electron chi connectivity index (χ4n) is 1.54. The van der Waals surface area contributed by atoms with Crippen molar-refractivity contribution in [3.63, 3.8) is 0 Å². The standard InChI is InChI=1S/2C8H11Si.Cu.HI.2Li/c2*1-9(2)8-6-4-3-5-7-8;;;;/h2*3-7H,1-2H3;;1H;;/q;;;;;+1/p-1. The molecule has 2 aromatic rings. The molecule has 4 radical (unpaired) electrons. The van der Waals surface area contributed by atoms with Crippen molar-refractivity contribution >= 4 is 46.8 Å². The SMILES string of the molecule is C[Si](C)c1ccccc1.C[Si](C)c1ccccc1.[Cu].[I-].[Li+].[Li]. The molecule has 0 aliphatic heterocycles. The number of hydrogen-bond acceptors (Lipinski definition) is 0. The molecule has 0 aromatic heterocycles. The summed E-state index contributed by atoms with van der Waals surface area (Å²) in [7, 11) is -0.424. The number of rotatable bonds is 2. The van der Waals surface area contributed by atoms with E-state index in [-0.39, 0.29) is 96.4 Å². The molecule has 0 amide bonds. The molecule has 0 unspecified atom stereocenters. The largest absolute Gasteiger partial charge is 1.00 e. The van der Waals surface area contributed by atoms with Crippen LogP contribution in [0.1, 0.15) is 0 Å². The Bertz CT molecular complexity index is 399. The fourth-order valence-corrected chi connectivity index (χ4v) is 3.26. The van der Waals surface area contributed by atoms with Crippen molar-refractivity contribution < 1.29 is 59.9 Å². The van der Waals surface area contributed by atoms with Crippen LogP contribution in [0.4, 0.5) is 0 Å². The second-order valence-corrected chi connectivity index (χ2v) is 9.89. The molecule has 2 rings (SSSR count). The quantitative estimate of drug-likeness (QED) is 0.320. The molecule has 0 N–H and O–H groups in total. The molecule has 114 valence electrons. The van der Waals surface area contributed by atoms with E-state index in [9.17, 15) is 0 Å². The Morgan fingerprint density at radius 3 is 0.955 bits per heavy atom. The fraction of sp³-hybridized carbons (Fsp3) is 0.250. The first kappa shape index (κ1) is 31.1. The second kappa shape index (κ2) is 18.7. The topological polar surface area (TPSA) is 0 Å². The minimum atomic E-state index is -0.212. The predicted octanol–water partition coefficient (Wildman–Crippen LogP) is -3.08. The Morgan fingerprint density at radius 2 is 0.818 bits per heavy atom. The first-order chi connectivity index (χ1) is 8.61. The van der Waals surface area contributed by atoms with Crippen LogP contribution in [0, 0.1) is 0 Å². The van der Waals surface area contributed by atoms with E-state index in [4.69, 9.17) is 0 Å². The van der Waals surface area contributed by atoms with Gasteiger partial charge in [0, 0.05) is 35.9 Å². The van der Waals surface area contributed by atoms with Gasteiger partial charge in [-0.15, -0.1) is 0 Å². The van der Waals surface area contributed by atoms with E-state index in [0.717, 1.165) is 0 Å². The molecular weight excluding hydrogens is 453 g/mol. The normalized spacial score (nSPS) is 8.27. The molecule has 0 spiro atoms. The monoisotopic (exact) mass is 474 g/mol. The van der Waals surface area contributed by atoms with E-state index in [1.807, 2.05) is 0 Å². The van der Waals surface area contributed by atoms with Gasteiger partial charge in [0.2, 0.25) is 0 Å². The van der Waals surface area contributed by atoms with Gasteiger partial charge in [-0.3, -0.25) is 0 Å². The molecule has 0 saturated heterocycles. The molecule has 6 heteroatoms. The molecule has 0 fully saturated rings. The smallest absolute Gasteiger partial charge is 1.00 e. The maximum absolute atomic E-state index is 2.31. The minimum Gasteiger partial charge on any atom is -1.00 e. The predicted molar refractivity (Wildman–Crippen MR) is 92.9 cm³/mol. The van der Waals surface area contributed by atoms with E-state index in [1.165, 1.54) is 10.4 Å². The van der Waals surface area contributed by atoms with Crippen LogP contribution >= 0.6 is 0 Å². The Morgan fingerprint density at radius 1 is 0.591 bits per heavy atom. The van der Waals surface area contributed by atoms with Gasteiger partial charge in [0.05, 0.1) is 17.6 Å². The van der Waals surface area contributed by atoms with Crippen molar-refractivity contribution in [3.8, 4) is 0 Å². The number of hydrogen-bond donors (Lipinski definition) is 0. The van der Waals surface area contributed by atoms with Crippen molar-refractivity contribution in [1.82, 2.24) is 0 Å². The van der Waals surface area contributed by atoms with Crippen molar-refractivity contribution in [2.24, 2.45) is 0 Å². The van der Waals surface area contributed by atoms with Crippen molar-refractivity contribution in [3.05, 3.63) is 60.7 Å². The average Bonchev–Trinajstić information content (AvgIpc) is 2.41. The van der Waals surface area contributed by atoms with Gasteiger partial charge in [-0.05, 0) is 0 Å². The summed E-state index contributed by atoms with van der Waals surface area (Å²) in [6.07, 6.45) is 0. The molecule has 0 saturated carbocycles. The van der Waals surface area contributed by atoms with Gasteiger partial charge < -0.3 is 24.0 Å². The summed E-state index contributed by atoms with van der Waals surface area (Å²) in [6.45, 7) is 9.22. The van der Waals surface area contributed by atoms with E-state index < -0.39 is 0 Å². The van der Waals surface area contributed by atoms with E-state index in [1.54, 1.807) is 0 Å². The summed E-state index contributed by atoms with van der Waals surface area (Å²) >= 11 is 0. The van der Waals surface area contributed by atoms with Crippen LogP contribution in [0.25, 0.3) is 0 Å². The average molecular weight is 475 g/mol. The van der Waals surface area contributed by atoms with Gasteiger partial charge >= 0.3 is 18.9 Å². The number of benzene rings is 2. The maximum atomic E-state index is 2.31. The minimum absolute atomic E-state index is 0. The van der Waals surface area contributed by atoms with Crippen molar-refractivity contribution in [2.75, 3.05) is 0 Å². The zero-order valence-corrected chi connectivity index (χ0v) is 19.6. The van der Waals surface area contributed by atoms with Gasteiger partial charge in [0.15, 0.2) is 0 Å². The molecule has 22 heavy (non-hydrogen) atoms. The summed E-state index contributed by atoms with van der Waals surface area (Å²) in [6, 6.07) is 21.4. The first-order valence-electron chi connectivity index (χ1n) is 6.32. The van der Waals surface area contributed by atoms with E-state index in [2.05, 4.69) is 86.9 Å². The summed E-state index contributed by atoms with van der Waals surface area (Å²) in [4.78, 5) is 0. The van der Waals surface area contributed by atoms with Crippen LogP contribution in [-0.4, -0.2) is 36.5 Å². The van der Waals surface area contributed by atoms with Gasteiger partial charge in [0.25, 0.3) is 0 Å². The second-order valence-electron chi connectivity index (χ2n) is 4.73. The van der Waals surface area contributed by atoms with Crippen LogP contribution in [-0.2, 0) is 17.1 Å². The summed E-state index contributed by atoms with van der Waals surface area (Å²) in [5.41, 5.74) is 0. The summed E-state index contributed by atoms with van der Waals surface area (Å²) in [5.74, 6) is 0. The Hall–Kier alpha value is 1.32. The summed E-state index contributed by atoms with van der Waals surface area (Å²) < 4.78 is 0. The molecule has 0 bridgehead atoms.